The molecule has 0 fully saturated rings. The highest BCUT2D eigenvalue weighted by atomic mass is 19.2. The molecule has 0 aromatic carbocycles. The van der Waals surface area contributed by atoms with Crippen molar-refractivity contribution in [3.63, 3.8) is 0 Å². The second-order valence-electron chi connectivity index (χ2n) is 3.97. The number of carbonyl (C=O) groups is 2. The molecule has 6 heteroatoms. The molecule has 0 N–H and O–H groups in total. The Labute approximate surface area is 92.2 Å². The molecule has 0 radical (unpaired) electrons. The number of hydrogen-bond acceptors (Lipinski definition) is 4. The Kier molecular flexibility index (Phi) is 5.07. The zero-order chi connectivity index (χ0) is 12.9. The van der Waals surface area contributed by atoms with Gasteiger partial charge in [0.2, 0.25) is 5.83 Å². The molecule has 0 saturated carbocycles. The third-order valence-corrected chi connectivity index (χ3v) is 1.32. The molecule has 0 aliphatic rings. The lowest BCUT2D eigenvalue weighted by molar-refractivity contribution is -0.154. The molecule has 0 aliphatic carbocycles. The Bertz CT molecular complexity index is 315. The summed E-state index contributed by atoms with van der Waals surface area (Å²) in [4.78, 5) is 21.6. The molecular formula is C10H14F2O4. The van der Waals surface area contributed by atoms with Gasteiger partial charge in [-0.3, -0.25) is 4.79 Å². The lowest BCUT2D eigenvalue weighted by atomic mass is 10.2. The van der Waals surface area contributed by atoms with Gasteiger partial charge >= 0.3 is 11.9 Å². The highest BCUT2D eigenvalue weighted by molar-refractivity contribution is 5.87. The first kappa shape index (κ1) is 14.5. The number of methoxy groups -OCH3 is 1. The molecule has 0 aromatic heterocycles. The molecule has 92 valence electrons. The van der Waals surface area contributed by atoms with Gasteiger partial charge < -0.3 is 9.47 Å². The van der Waals surface area contributed by atoms with E-state index in [0.29, 0.717) is 0 Å². The average molecular weight is 236 g/mol. The minimum absolute atomic E-state index is 0.793. The third kappa shape index (κ3) is 5.43. The van der Waals surface area contributed by atoms with Gasteiger partial charge in [0.05, 0.1) is 7.11 Å². The van der Waals surface area contributed by atoms with E-state index in [1.807, 2.05) is 0 Å². The van der Waals surface area contributed by atoms with E-state index in [2.05, 4.69) is 4.74 Å². The van der Waals surface area contributed by atoms with E-state index in [1.165, 1.54) is 0 Å². The van der Waals surface area contributed by atoms with Gasteiger partial charge in [-0.25, -0.2) is 9.18 Å². The van der Waals surface area contributed by atoms with Crippen LogP contribution >= 0.6 is 0 Å². The van der Waals surface area contributed by atoms with Gasteiger partial charge in [-0.2, -0.15) is 4.39 Å². The average Bonchev–Trinajstić information content (AvgIpc) is 2.12. The van der Waals surface area contributed by atoms with Crippen LogP contribution in [0.3, 0.4) is 0 Å². The molecule has 0 bridgehead atoms. The molecule has 0 atom stereocenters. The van der Waals surface area contributed by atoms with Gasteiger partial charge in [-0.1, -0.05) is 0 Å². The summed E-state index contributed by atoms with van der Waals surface area (Å²) >= 11 is 0. The van der Waals surface area contributed by atoms with Crippen molar-refractivity contribution in [3.05, 3.63) is 11.7 Å². The predicted molar refractivity (Wildman–Crippen MR) is 51.7 cm³/mol. The first-order chi connectivity index (χ1) is 7.17. The fourth-order valence-corrected chi connectivity index (χ4v) is 0.782. The van der Waals surface area contributed by atoms with Crippen molar-refractivity contribution < 1.29 is 27.8 Å². The summed E-state index contributed by atoms with van der Waals surface area (Å²) < 4.78 is 34.5. The zero-order valence-corrected chi connectivity index (χ0v) is 9.60. The molecule has 0 rings (SSSR count). The number of carbonyl (C=O) groups excluding carboxylic acids is 2. The molecule has 0 unspecified atom stereocenters. The fourth-order valence-electron chi connectivity index (χ4n) is 0.782. The minimum Gasteiger partial charge on any atom is -0.464 e. The Balaban J connectivity index is 4.51. The van der Waals surface area contributed by atoms with E-state index < -0.39 is 35.6 Å². The maximum Gasteiger partial charge on any atom is 0.369 e. The topological polar surface area (TPSA) is 52.6 Å². The van der Waals surface area contributed by atoms with E-state index in [9.17, 15) is 18.4 Å². The molecular weight excluding hydrogens is 222 g/mol. The molecule has 0 heterocycles. The van der Waals surface area contributed by atoms with Crippen LogP contribution in [0.1, 0.15) is 27.2 Å². The molecule has 4 nitrogen and oxygen atoms in total. The number of hydrogen-bond donors (Lipinski definition) is 0. The highest BCUT2D eigenvalue weighted by Gasteiger charge is 2.22. The Morgan fingerprint density at radius 1 is 1.19 bits per heavy atom. The summed E-state index contributed by atoms with van der Waals surface area (Å²) in [5, 5.41) is 0. The molecule has 16 heavy (non-hydrogen) atoms. The predicted octanol–water partition coefficient (Wildman–Crippen LogP) is 2.04. The highest BCUT2D eigenvalue weighted by Crippen LogP contribution is 2.16. The standard InChI is InChI=1S/C10H14F2O4/c1-10(2,3)16-7(13)5-6(11)8(12)9(14)15-4/h5H2,1-4H3/b8-6+. The van der Waals surface area contributed by atoms with E-state index in [4.69, 9.17) is 4.74 Å². The van der Waals surface area contributed by atoms with Crippen LogP contribution in [0.5, 0.6) is 0 Å². The van der Waals surface area contributed by atoms with Crippen LogP contribution in [0.25, 0.3) is 0 Å². The van der Waals surface area contributed by atoms with Gasteiger partial charge in [0, 0.05) is 0 Å². The molecule has 0 aromatic rings. The van der Waals surface area contributed by atoms with E-state index in [0.717, 1.165) is 7.11 Å². The molecule has 0 spiro atoms. The van der Waals surface area contributed by atoms with Gasteiger partial charge in [0.1, 0.15) is 12.0 Å². The van der Waals surface area contributed by atoms with Crippen molar-refractivity contribution in [1.29, 1.82) is 0 Å². The van der Waals surface area contributed by atoms with Crippen LogP contribution in [0.4, 0.5) is 8.78 Å². The monoisotopic (exact) mass is 236 g/mol. The largest absolute Gasteiger partial charge is 0.464 e. The molecule has 0 saturated heterocycles. The van der Waals surface area contributed by atoms with Crippen LogP contribution in [0.15, 0.2) is 11.7 Å². The Hall–Kier alpha value is -1.46. The molecule has 0 amide bonds. The van der Waals surface area contributed by atoms with Crippen LogP contribution in [0, 0.1) is 0 Å². The maximum atomic E-state index is 13.0. The summed E-state index contributed by atoms with van der Waals surface area (Å²) in [5.41, 5.74) is -0.793. The summed E-state index contributed by atoms with van der Waals surface area (Å²) in [5.74, 6) is -5.63. The summed E-state index contributed by atoms with van der Waals surface area (Å²) in [6.45, 7) is 4.76. The quantitative estimate of drug-likeness (QED) is 0.555. The minimum atomic E-state index is -1.71. The Morgan fingerprint density at radius 2 is 1.69 bits per heavy atom. The van der Waals surface area contributed by atoms with Crippen LogP contribution in [-0.2, 0) is 19.1 Å². The van der Waals surface area contributed by atoms with Crippen LogP contribution < -0.4 is 0 Å². The lowest BCUT2D eigenvalue weighted by Gasteiger charge is -2.19. The number of ether oxygens (including phenoxy) is 2. The third-order valence-electron chi connectivity index (χ3n) is 1.32. The van der Waals surface area contributed by atoms with E-state index in [-0.39, 0.29) is 0 Å². The number of esters is 2. The maximum absolute atomic E-state index is 13.0. The van der Waals surface area contributed by atoms with Gasteiger partial charge in [0.25, 0.3) is 0 Å². The van der Waals surface area contributed by atoms with Gasteiger partial charge in [-0.05, 0) is 20.8 Å². The van der Waals surface area contributed by atoms with Crippen molar-refractivity contribution in [2.75, 3.05) is 7.11 Å². The van der Waals surface area contributed by atoms with Crippen molar-refractivity contribution in [1.82, 2.24) is 0 Å². The number of rotatable bonds is 3. The summed E-state index contributed by atoms with van der Waals surface area (Å²) in [6, 6.07) is 0. The summed E-state index contributed by atoms with van der Waals surface area (Å²) in [7, 11) is 0.905. The van der Waals surface area contributed by atoms with E-state index >= 15 is 0 Å². The van der Waals surface area contributed by atoms with Gasteiger partial charge in [0.15, 0.2) is 5.83 Å². The van der Waals surface area contributed by atoms with Crippen molar-refractivity contribution in [2.24, 2.45) is 0 Å². The first-order valence-electron chi connectivity index (χ1n) is 4.51. The number of halogens is 2. The second kappa shape index (κ2) is 5.58. The smallest absolute Gasteiger partial charge is 0.369 e. The fraction of sp³-hybridized carbons (Fsp3) is 0.600. The SMILES string of the molecule is COC(=O)/C(F)=C(\F)CC(=O)OC(C)(C)C. The zero-order valence-electron chi connectivity index (χ0n) is 9.60. The second-order valence-corrected chi connectivity index (χ2v) is 3.97. The Morgan fingerprint density at radius 3 is 2.06 bits per heavy atom. The van der Waals surface area contributed by atoms with Crippen LogP contribution in [-0.4, -0.2) is 24.6 Å². The van der Waals surface area contributed by atoms with Crippen molar-refractivity contribution in [2.45, 2.75) is 32.8 Å². The summed E-state index contributed by atoms with van der Waals surface area (Å²) in [6.07, 6.45) is -0.932. The van der Waals surface area contributed by atoms with Crippen molar-refractivity contribution in [3.8, 4) is 0 Å². The molecule has 0 aliphatic heterocycles. The first-order valence-corrected chi connectivity index (χ1v) is 4.51. The normalized spacial score (nSPS) is 12.9. The van der Waals surface area contributed by atoms with E-state index in [1.54, 1.807) is 20.8 Å². The van der Waals surface area contributed by atoms with Gasteiger partial charge in [-0.15, -0.1) is 0 Å². The van der Waals surface area contributed by atoms with Crippen molar-refractivity contribution >= 4 is 11.9 Å². The lowest BCUT2D eigenvalue weighted by Crippen LogP contribution is -2.24. The van der Waals surface area contributed by atoms with Crippen LogP contribution in [0.2, 0.25) is 0 Å².